The molecule has 5 nitrogen and oxygen atoms in total. The monoisotopic (exact) mass is 261 g/mol. The maximum Gasteiger partial charge on any atom is 0.161 e. The van der Waals surface area contributed by atoms with Gasteiger partial charge in [-0.2, -0.15) is 5.10 Å². The molecule has 102 valence electrons. The highest BCUT2D eigenvalue weighted by molar-refractivity contribution is 5.47. The third-order valence-corrected chi connectivity index (χ3v) is 2.82. The van der Waals surface area contributed by atoms with Gasteiger partial charge in [-0.05, 0) is 31.5 Å². The van der Waals surface area contributed by atoms with Crippen molar-refractivity contribution in [3.05, 3.63) is 35.7 Å². The van der Waals surface area contributed by atoms with Crippen LogP contribution in [0.5, 0.6) is 11.5 Å². The number of hydrogen-bond donors (Lipinski definition) is 2. The van der Waals surface area contributed by atoms with E-state index in [2.05, 4.69) is 10.4 Å². The fraction of sp³-hybridized carbons (Fsp3) is 0.357. The Labute approximate surface area is 112 Å². The minimum Gasteiger partial charge on any atom is -0.504 e. The highest BCUT2D eigenvalue weighted by Crippen LogP contribution is 2.27. The summed E-state index contributed by atoms with van der Waals surface area (Å²) in [4.78, 5) is 0. The Kier molecular flexibility index (Phi) is 3.94. The highest BCUT2D eigenvalue weighted by Gasteiger charge is 2.05. The fourth-order valence-electron chi connectivity index (χ4n) is 1.91. The predicted molar refractivity (Wildman–Crippen MR) is 74.5 cm³/mol. The summed E-state index contributed by atoms with van der Waals surface area (Å²) < 4.78 is 7.14. The topological polar surface area (TPSA) is 59.3 Å². The summed E-state index contributed by atoms with van der Waals surface area (Å²) in [6.07, 6.45) is 1.94. The van der Waals surface area contributed by atoms with Crippen LogP contribution in [0, 0.1) is 6.92 Å². The molecule has 0 saturated carbocycles. The van der Waals surface area contributed by atoms with Crippen LogP contribution in [-0.2, 0) is 13.6 Å². The van der Waals surface area contributed by atoms with Gasteiger partial charge >= 0.3 is 0 Å². The van der Waals surface area contributed by atoms with E-state index in [-0.39, 0.29) is 5.75 Å². The Morgan fingerprint density at radius 1 is 1.42 bits per heavy atom. The molecule has 0 atom stereocenters. The van der Waals surface area contributed by atoms with Crippen molar-refractivity contribution in [3.63, 3.8) is 0 Å². The lowest BCUT2D eigenvalue weighted by molar-refractivity contribution is 0.318. The van der Waals surface area contributed by atoms with E-state index < -0.39 is 0 Å². The zero-order chi connectivity index (χ0) is 13.8. The minimum absolute atomic E-state index is 0.170. The Morgan fingerprint density at radius 3 is 2.84 bits per heavy atom. The van der Waals surface area contributed by atoms with E-state index in [1.165, 1.54) is 0 Å². The first kappa shape index (κ1) is 13.3. The van der Waals surface area contributed by atoms with Crippen LogP contribution in [0.2, 0.25) is 0 Å². The molecule has 2 rings (SSSR count). The summed E-state index contributed by atoms with van der Waals surface area (Å²) in [5.74, 6) is 0.688. The van der Waals surface area contributed by atoms with E-state index >= 15 is 0 Å². The van der Waals surface area contributed by atoms with Crippen molar-refractivity contribution in [1.82, 2.24) is 9.78 Å². The smallest absolute Gasteiger partial charge is 0.161 e. The third-order valence-electron chi connectivity index (χ3n) is 2.82. The van der Waals surface area contributed by atoms with E-state index in [0.717, 1.165) is 16.9 Å². The van der Waals surface area contributed by atoms with Crippen LogP contribution in [0.3, 0.4) is 0 Å². The molecule has 0 bridgehead atoms. The van der Waals surface area contributed by atoms with Crippen molar-refractivity contribution in [3.8, 4) is 11.5 Å². The van der Waals surface area contributed by atoms with Crippen molar-refractivity contribution in [2.45, 2.75) is 20.4 Å². The predicted octanol–water partition coefficient (Wildman–Crippen LogP) is 2.44. The summed E-state index contributed by atoms with van der Waals surface area (Å²) in [5.41, 5.74) is 3.02. The lowest BCUT2D eigenvalue weighted by Crippen LogP contribution is -2.00. The summed E-state index contributed by atoms with van der Waals surface area (Å²) in [7, 11) is 1.89. The van der Waals surface area contributed by atoms with Gasteiger partial charge in [-0.1, -0.05) is 6.07 Å². The molecule has 19 heavy (non-hydrogen) atoms. The quantitative estimate of drug-likeness (QED) is 0.868. The number of ether oxygens (including phenoxy) is 1. The number of aryl methyl sites for hydroxylation is 2. The van der Waals surface area contributed by atoms with Crippen molar-refractivity contribution in [1.29, 1.82) is 0 Å². The van der Waals surface area contributed by atoms with Crippen LogP contribution in [0.25, 0.3) is 0 Å². The second kappa shape index (κ2) is 5.65. The van der Waals surface area contributed by atoms with Gasteiger partial charge in [0.15, 0.2) is 11.5 Å². The average molecular weight is 261 g/mol. The van der Waals surface area contributed by atoms with Gasteiger partial charge in [0, 0.05) is 19.8 Å². The van der Waals surface area contributed by atoms with Crippen molar-refractivity contribution in [2.75, 3.05) is 11.9 Å². The molecule has 0 aliphatic carbocycles. The van der Waals surface area contributed by atoms with E-state index in [4.69, 9.17) is 4.74 Å². The largest absolute Gasteiger partial charge is 0.504 e. The minimum atomic E-state index is 0.170. The molecule has 0 radical (unpaired) electrons. The van der Waals surface area contributed by atoms with Gasteiger partial charge in [0.2, 0.25) is 0 Å². The number of nitrogens with zero attached hydrogens (tertiary/aromatic N) is 2. The molecule has 0 unspecified atom stereocenters. The van der Waals surface area contributed by atoms with E-state index in [9.17, 15) is 5.11 Å². The number of nitrogens with one attached hydrogen (secondary N) is 1. The molecule has 0 amide bonds. The molecular weight excluding hydrogens is 242 g/mol. The Hall–Kier alpha value is -2.17. The van der Waals surface area contributed by atoms with Crippen LogP contribution in [0.15, 0.2) is 24.4 Å². The summed E-state index contributed by atoms with van der Waals surface area (Å²) in [5, 5.41) is 17.2. The van der Waals surface area contributed by atoms with Crippen LogP contribution in [0.4, 0.5) is 5.69 Å². The van der Waals surface area contributed by atoms with E-state index in [0.29, 0.717) is 18.9 Å². The van der Waals surface area contributed by atoms with Gasteiger partial charge in [0.25, 0.3) is 0 Å². The molecule has 1 aromatic carbocycles. The van der Waals surface area contributed by atoms with Crippen LogP contribution in [0.1, 0.15) is 18.2 Å². The fourth-order valence-corrected chi connectivity index (χ4v) is 1.91. The molecule has 0 fully saturated rings. The highest BCUT2D eigenvalue weighted by atomic mass is 16.5. The van der Waals surface area contributed by atoms with Gasteiger partial charge in [-0.25, -0.2) is 0 Å². The van der Waals surface area contributed by atoms with Crippen LogP contribution >= 0.6 is 0 Å². The summed E-state index contributed by atoms with van der Waals surface area (Å²) in [6.45, 7) is 5.05. The average Bonchev–Trinajstić information content (AvgIpc) is 2.69. The zero-order valence-electron chi connectivity index (χ0n) is 11.5. The van der Waals surface area contributed by atoms with Crippen molar-refractivity contribution < 1.29 is 9.84 Å². The Balaban J connectivity index is 2.07. The molecule has 2 aromatic rings. The number of anilines is 1. The zero-order valence-corrected chi connectivity index (χ0v) is 11.5. The van der Waals surface area contributed by atoms with Crippen LogP contribution < -0.4 is 10.1 Å². The first-order valence-corrected chi connectivity index (χ1v) is 6.29. The number of hydrogen-bond acceptors (Lipinski definition) is 4. The number of aromatic hydroxyl groups is 1. The summed E-state index contributed by atoms with van der Waals surface area (Å²) >= 11 is 0. The molecule has 0 saturated heterocycles. The standard InChI is InChI=1S/C14H19N3O2/c1-4-19-14-7-11(5-6-13(14)18)8-15-12-9-17(3)16-10(12)2/h5-7,9,15,18H,4,8H2,1-3H3. The van der Waals surface area contributed by atoms with Gasteiger partial charge < -0.3 is 15.2 Å². The van der Waals surface area contributed by atoms with Crippen LogP contribution in [-0.4, -0.2) is 21.5 Å². The molecule has 5 heteroatoms. The van der Waals surface area contributed by atoms with Gasteiger partial charge in [-0.3, -0.25) is 4.68 Å². The molecule has 1 heterocycles. The maximum atomic E-state index is 9.64. The van der Waals surface area contributed by atoms with E-state index in [1.807, 2.05) is 39.2 Å². The lowest BCUT2D eigenvalue weighted by atomic mass is 10.2. The molecule has 0 aliphatic heterocycles. The Bertz CT molecular complexity index is 564. The molecule has 2 N–H and O–H groups in total. The Morgan fingerprint density at radius 2 is 2.21 bits per heavy atom. The first-order chi connectivity index (χ1) is 9.10. The second-order valence-electron chi connectivity index (χ2n) is 4.39. The third kappa shape index (κ3) is 3.19. The number of aromatic nitrogens is 2. The molecule has 0 spiro atoms. The lowest BCUT2D eigenvalue weighted by Gasteiger charge is -2.09. The van der Waals surface area contributed by atoms with Gasteiger partial charge in [-0.15, -0.1) is 0 Å². The normalized spacial score (nSPS) is 10.5. The number of phenols is 1. The van der Waals surface area contributed by atoms with Crippen molar-refractivity contribution in [2.24, 2.45) is 7.05 Å². The van der Waals surface area contributed by atoms with Crippen molar-refractivity contribution >= 4 is 5.69 Å². The number of rotatable bonds is 5. The molecule has 1 aromatic heterocycles. The van der Waals surface area contributed by atoms with Gasteiger partial charge in [0.1, 0.15) is 0 Å². The maximum absolute atomic E-state index is 9.64. The summed E-state index contributed by atoms with van der Waals surface area (Å²) in [6, 6.07) is 5.37. The number of benzene rings is 1. The second-order valence-corrected chi connectivity index (χ2v) is 4.39. The molecular formula is C14H19N3O2. The first-order valence-electron chi connectivity index (χ1n) is 6.29. The number of phenolic OH excluding ortho intramolecular Hbond substituents is 1. The van der Waals surface area contributed by atoms with E-state index in [1.54, 1.807) is 10.7 Å². The molecule has 0 aliphatic rings. The SMILES string of the molecule is CCOc1cc(CNc2cn(C)nc2C)ccc1O. The van der Waals surface area contributed by atoms with Gasteiger partial charge in [0.05, 0.1) is 18.0 Å².